The zero-order valence-electron chi connectivity index (χ0n) is 16.4. The standard InChI is InChI=1S/C23H34N2O/c1-19(26)25-17-22-10-6-5-9-21(22)15-23(18-25)11-13-24(14-12-23)16-20-7-3-2-4-8-20/h5-6,9-10,20H,2-4,7-8,11-18H2,1H3. The highest BCUT2D eigenvalue weighted by Crippen LogP contribution is 2.40. The highest BCUT2D eigenvalue weighted by atomic mass is 16.2. The summed E-state index contributed by atoms with van der Waals surface area (Å²) >= 11 is 0. The summed E-state index contributed by atoms with van der Waals surface area (Å²) in [7, 11) is 0. The second kappa shape index (κ2) is 7.72. The number of rotatable bonds is 2. The molecule has 3 nitrogen and oxygen atoms in total. The monoisotopic (exact) mass is 354 g/mol. The van der Waals surface area contributed by atoms with Crippen molar-refractivity contribution in [3.8, 4) is 0 Å². The third-order valence-electron chi connectivity index (χ3n) is 7.17. The summed E-state index contributed by atoms with van der Waals surface area (Å²) in [5.74, 6) is 1.16. The van der Waals surface area contributed by atoms with Gasteiger partial charge in [-0.1, -0.05) is 43.5 Å². The van der Waals surface area contributed by atoms with Crippen LogP contribution in [0.15, 0.2) is 24.3 Å². The van der Waals surface area contributed by atoms with Crippen LogP contribution in [0.2, 0.25) is 0 Å². The van der Waals surface area contributed by atoms with E-state index in [2.05, 4.69) is 34.1 Å². The molecular weight excluding hydrogens is 320 g/mol. The molecule has 1 aliphatic carbocycles. The third kappa shape index (κ3) is 3.98. The number of hydrogen-bond acceptors (Lipinski definition) is 2. The van der Waals surface area contributed by atoms with Crippen molar-refractivity contribution >= 4 is 5.91 Å². The molecule has 0 atom stereocenters. The lowest BCUT2D eigenvalue weighted by Crippen LogP contribution is -2.48. The summed E-state index contributed by atoms with van der Waals surface area (Å²) < 4.78 is 0. The largest absolute Gasteiger partial charge is 0.338 e. The van der Waals surface area contributed by atoms with E-state index in [1.54, 1.807) is 6.92 Å². The Bertz CT molecular complexity index is 627. The second-order valence-corrected chi connectivity index (χ2v) is 9.13. The minimum absolute atomic E-state index is 0.228. The molecule has 1 aromatic carbocycles. The van der Waals surface area contributed by atoms with E-state index in [1.807, 2.05) is 0 Å². The van der Waals surface area contributed by atoms with Gasteiger partial charge < -0.3 is 9.80 Å². The topological polar surface area (TPSA) is 23.6 Å². The Morgan fingerprint density at radius 2 is 1.77 bits per heavy atom. The Hall–Kier alpha value is -1.35. The van der Waals surface area contributed by atoms with Gasteiger partial charge in [0.25, 0.3) is 0 Å². The molecule has 2 fully saturated rings. The summed E-state index contributed by atoms with van der Waals surface area (Å²) in [5.41, 5.74) is 3.10. The van der Waals surface area contributed by atoms with Gasteiger partial charge in [0, 0.05) is 26.6 Å². The molecule has 0 N–H and O–H groups in total. The van der Waals surface area contributed by atoms with E-state index >= 15 is 0 Å². The number of nitrogens with zero attached hydrogens (tertiary/aromatic N) is 2. The smallest absolute Gasteiger partial charge is 0.219 e. The fraction of sp³-hybridized carbons (Fsp3) is 0.696. The van der Waals surface area contributed by atoms with E-state index in [-0.39, 0.29) is 11.3 Å². The first kappa shape index (κ1) is 18.0. The van der Waals surface area contributed by atoms with E-state index in [4.69, 9.17) is 0 Å². The first-order valence-corrected chi connectivity index (χ1v) is 10.7. The van der Waals surface area contributed by atoms with Crippen molar-refractivity contribution < 1.29 is 4.79 Å². The second-order valence-electron chi connectivity index (χ2n) is 9.13. The van der Waals surface area contributed by atoms with Gasteiger partial charge in [-0.25, -0.2) is 0 Å². The van der Waals surface area contributed by atoms with Crippen LogP contribution in [0.1, 0.15) is 63.0 Å². The normalized spacial score (nSPS) is 24.3. The van der Waals surface area contributed by atoms with Gasteiger partial charge in [-0.15, -0.1) is 0 Å². The zero-order valence-corrected chi connectivity index (χ0v) is 16.4. The molecule has 3 heteroatoms. The van der Waals surface area contributed by atoms with Crippen LogP contribution in [0.3, 0.4) is 0 Å². The maximum Gasteiger partial charge on any atom is 0.219 e. The quantitative estimate of drug-likeness (QED) is 0.792. The average molecular weight is 355 g/mol. The van der Waals surface area contributed by atoms with Crippen LogP contribution in [0, 0.1) is 11.3 Å². The van der Waals surface area contributed by atoms with Gasteiger partial charge in [0.05, 0.1) is 0 Å². The molecule has 1 spiro atoms. The van der Waals surface area contributed by atoms with Crippen molar-refractivity contribution in [1.82, 2.24) is 9.80 Å². The van der Waals surface area contributed by atoms with Crippen molar-refractivity contribution in [3.63, 3.8) is 0 Å². The summed E-state index contributed by atoms with van der Waals surface area (Å²) in [6.45, 7) is 7.20. The minimum Gasteiger partial charge on any atom is -0.338 e. The zero-order chi connectivity index (χ0) is 18.0. The SMILES string of the molecule is CC(=O)N1Cc2ccccc2CC2(CCN(CC3CCCCC3)CC2)C1. The number of piperidine rings is 1. The van der Waals surface area contributed by atoms with Gasteiger partial charge in [0.1, 0.15) is 0 Å². The van der Waals surface area contributed by atoms with Crippen molar-refractivity contribution in [3.05, 3.63) is 35.4 Å². The van der Waals surface area contributed by atoms with Crippen LogP contribution < -0.4 is 0 Å². The molecule has 0 bridgehead atoms. The maximum atomic E-state index is 12.2. The number of carbonyl (C=O) groups is 1. The molecule has 1 aromatic rings. The first-order chi connectivity index (χ1) is 12.6. The molecule has 26 heavy (non-hydrogen) atoms. The van der Waals surface area contributed by atoms with E-state index < -0.39 is 0 Å². The van der Waals surface area contributed by atoms with Crippen LogP contribution in [-0.2, 0) is 17.8 Å². The molecule has 0 radical (unpaired) electrons. The number of fused-ring (bicyclic) bond motifs is 1. The molecule has 1 amide bonds. The maximum absolute atomic E-state index is 12.2. The van der Waals surface area contributed by atoms with Crippen LogP contribution >= 0.6 is 0 Å². The Morgan fingerprint density at radius 1 is 1.08 bits per heavy atom. The van der Waals surface area contributed by atoms with Gasteiger partial charge in [0.15, 0.2) is 0 Å². The number of hydrogen-bond donors (Lipinski definition) is 0. The van der Waals surface area contributed by atoms with Crippen molar-refractivity contribution in [1.29, 1.82) is 0 Å². The molecule has 0 aromatic heterocycles. The first-order valence-electron chi connectivity index (χ1n) is 10.7. The molecule has 1 saturated heterocycles. The predicted octanol–water partition coefficient (Wildman–Crippen LogP) is 4.25. The lowest BCUT2D eigenvalue weighted by atomic mass is 9.73. The highest BCUT2D eigenvalue weighted by Gasteiger charge is 2.39. The molecule has 2 aliphatic heterocycles. The fourth-order valence-corrected chi connectivity index (χ4v) is 5.51. The number of amides is 1. The Kier molecular flexibility index (Phi) is 5.35. The highest BCUT2D eigenvalue weighted by molar-refractivity contribution is 5.73. The Balaban J connectivity index is 1.45. The van der Waals surface area contributed by atoms with E-state index in [9.17, 15) is 4.79 Å². The number of likely N-dealkylation sites (tertiary alicyclic amines) is 1. The summed E-state index contributed by atoms with van der Waals surface area (Å²) in [6, 6.07) is 8.77. The van der Waals surface area contributed by atoms with Crippen molar-refractivity contribution in [2.24, 2.45) is 11.3 Å². The lowest BCUT2D eigenvalue weighted by molar-refractivity contribution is -0.131. The summed E-state index contributed by atoms with van der Waals surface area (Å²) in [4.78, 5) is 17.0. The van der Waals surface area contributed by atoms with Gasteiger partial charge in [0.2, 0.25) is 5.91 Å². The van der Waals surface area contributed by atoms with E-state index in [0.717, 1.165) is 25.4 Å². The van der Waals surface area contributed by atoms with Gasteiger partial charge in [-0.3, -0.25) is 4.79 Å². The van der Waals surface area contributed by atoms with Crippen LogP contribution in [0.4, 0.5) is 0 Å². The molecule has 2 heterocycles. The summed E-state index contributed by atoms with van der Waals surface area (Å²) in [6.07, 6.45) is 10.8. The van der Waals surface area contributed by atoms with Crippen molar-refractivity contribution in [2.75, 3.05) is 26.2 Å². The molecular formula is C23H34N2O. The molecule has 142 valence electrons. The fourth-order valence-electron chi connectivity index (χ4n) is 5.51. The van der Waals surface area contributed by atoms with Crippen LogP contribution in [0.5, 0.6) is 0 Å². The van der Waals surface area contributed by atoms with Gasteiger partial charge >= 0.3 is 0 Å². The molecule has 1 saturated carbocycles. The predicted molar refractivity (Wildman–Crippen MR) is 106 cm³/mol. The van der Waals surface area contributed by atoms with E-state index in [1.165, 1.54) is 75.7 Å². The Labute approximate surface area is 158 Å². The van der Waals surface area contributed by atoms with Crippen LogP contribution in [-0.4, -0.2) is 41.9 Å². The Morgan fingerprint density at radius 3 is 2.46 bits per heavy atom. The number of carbonyl (C=O) groups excluding carboxylic acids is 1. The average Bonchev–Trinajstić information content (AvgIpc) is 2.81. The number of benzene rings is 1. The van der Waals surface area contributed by atoms with Gasteiger partial charge in [-0.05, 0) is 67.7 Å². The van der Waals surface area contributed by atoms with Gasteiger partial charge in [-0.2, -0.15) is 0 Å². The molecule has 4 rings (SSSR count). The minimum atomic E-state index is 0.228. The van der Waals surface area contributed by atoms with Crippen molar-refractivity contribution in [2.45, 2.75) is 64.8 Å². The lowest BCUT2D eigenvalue weighted by Gasteiger charge is -2.44. The summed E-state index contributed by atoms with van der Waals surface area (Å²) in [5, 5.41) is 0. The van der Waals surface area contributed by atoms with Crippen LogP contribution in [0.25, 0.3) is 0 Å². The molecule has 0 unspecified atom stereocenters. The molecule has 3 aliphatic rings. The van der Waals surface area contributed by atoms with E-state index in [0.29, 0.717) is 0 Å². The third-order valence-corrected chi connectivity index (χ3v) is 7.17.